The molecule has 7 aliphatic carbocycles. The molecule has 0 heteroatoms. The number of hydrogen-bond donors (Lipinski definition) is 0. The van der Waals surface area contributed by atoms with E-state index >= 15 is 0 Å². The summed E-state index contributed by atoms with van der Waals surface area (Å²) >= 11 is 0. The van der Waals surface area contributed by atoms with Gasteiger partial charge in [-0.15, -0.1) is 0 Å². The minimum Gasteiger partial charge on any atom is -0.0842 e. The maximum atomic E-state index is 2.50. The molecule has 0 heterocycles. The highest BCUT2D eigenvalue weighted by atomic mass is 14.5. The van der Waals surface area contributed by atoms with E-state index in [2.05, 4.69) is 111 Å². The van der Waals surface area contributed by atoms with Crippen LogP contribution in [0.4, 0.5) is 0 Å². The molecular formula is C46H68. The lowest BCUT2D eigenvalue weighted by atomic mass is 9.57. The number of fused-ring (bicyclic) bond motifs is 4. The van der Waals surface area contributed by atoms with Crippen LogP contribution in [0.25, 0.3) is 0 Å². The number of benzene rings is 2. The van der Waals surface area contributed by atoms with Gasteiger partial charge >= 0.3 is 0 Å². The molecule has 0 N–H and O–H groups in total. The van der Waals surface area contributed by atoms with Crippen molar-refractivity contribution in [2.24, 2.45) is 39.9 Å². The molecule has 0 amide bonds. The molecule has 46 heavy (non-hydrogen) atoms. The van der Waals surface area contributed by atoms with E-state index in [-0.39, 0.29) is 0 Å². The summed E-state index contributed by atoms with van der Waals surface area (Å²) in [6, 6.07) is 16.3. The third kappa shape index (κ3) is 7.13. The standard InChI is InChI=1S/C18H26.C17H24.C11H18/c1-18(2,3)17-10-6-9-15-14-8-5-4-7-13(14)11-12-16(15)17;1-17(2,3)15-11-10-13-7-4-6-12-8-5-9-14(15)16(12)13;1-11(2,3)10-5-4-8-6-9(10)7-8/h4-5,7-8,15-17H,6,9-12H2,1-3H3;5,8-9,13,15H,4,6-7,10-11H2,1-3H3;5,8-9H,4,6-7H2,1-3H3. The summed E-state index contributed by atoms with van der Waals surface area (Å²) in [4.78, 5) is 0. The monoisotopic (exact) mass is 621 g/mol. The van der Waals surface area contributed by atoms with Crippen LogP contribution in [0.15, 0.2) is 54.1 Å². The summed E-state index contributed by atoms with van der Waals surface area (Å²) in [6.45, 7) is 21.6. The maximum Gasteiger partial charge on any atom is -0.0110 e. The Balaban J connectivity index is 0.000000125. The lowest BCUT2D eigenvalue weighted by Gasteiger charge is -2.47. The van der Waals surface area contributed by atoms with E-state index in [9.17, 15) is 0 Å². The fraction of sp³-hybridized carbons (Fsp3) is 0.696. The smallest absolute Gasteiger partial charge is 0.0110 e. The van der Waals surface area contributed by atoms with Crippen molar-refractivity contribution in [2.45, 2.75) is 164 Å². The third-order valence-corrected chi connectivity index (χ3v) is 13.5. The Labute approximate surface area is 284 Å². The first-order valence-electron chi connectivity index (χ1n) is 19.6. The van der Waals surface area contributed by atoms with Gasteiger partial charge in [-0.3, -0.25) is 0 Å². The Morgan fingerprint density at radius 2 is 1.30 bits per heavy atom. The molecule has 252 valence electrons. The topological polar surface area (TPSA) is 0 Å². The van der Waals surface area contributed by atoms with Crippen molar-refractivity contribution in [3.05, 3.63) is 81.9 Å². The Hall–Kier alpha value is -1.82. The van der Waals surface area contributed by atoms with Gasteiger partial charge in [0.15, 0.2) is 0 Å². The number of allylic oxidation sites excluding steroid dienone is 2. The summed E-state index contributed by atoms with van der Waals surface area (Å²) in [5.74, 6) is 6.39. The Morgan fingerprint density at radius 3 is 1.96 bits per heavy atom. The second-order valence-corrected chi connectivity index (χ2v) is 19.6. The highest BCUT2D eigenvalue weighted by Gasteiger charge is 2.42. The van der Waals surface area contributed by atoms with Crippen molar-refractivity contribution in [1.29, 1.82) is 0 Å². The quantitative estimate of drug-likeness (QED) is 0.257. The summed E-state index contributed by atoms with van der Waals surface area (Å²) in [7, 11) is 0. The predicted octanol–water partition coefficient (Wildman–Crippen LogP) is 13.6. The normalized spacial score (nSPS) is 31.2. The first-order valence-corrected chi connectivity index (χ1v) is 19.6. The molecule has 2 saturated carbocycles. The highest BCUT2D eigenvalue weighted by Crippen LogP contribution is 2.54. The zero-order valence-corrected chi connectivity index (χ0v) is 31.4. The van der Waals surface area contributed by atoms with E-state index in [4.69, 9.17) is 0 Å². The first kappa shape index (κ1) is 34.1. The SMILES string of the molecule is CC(C)(C)C1=CCC2CC1C2.CC(C)(C)C1CCC2CCCc3cccc1c32.CC(C)(C)C1CCCC2c3ccccc3CCC21. The van der Waals surface area contributed by atoms with Gasteiger partial charge in [0.2, 0.25) is 0 Å². The molecule has 0 aromatic heterocycles. The van der Waals surface area contributed by atoms with Crippen LogP contribution in [0, 0.1) is 39.9 Å². The van der Waals surface area contributed by atoms with Crippen LogP contribution in [0.1, 0.15) is 179 Å². The summed E-state index contributed by atoms with van der Waals surface area (Å²) in [6.07, 6.45) is 20.8. The lowest BCUT2D eigenvalue weighted by molar-refractivity contribution is 0.0782. The number of aryl methyl sites for hydroxylation is 2. The molecule has 2 aromatic rings. The highest BCUT2D eigenvalue weighted by molar-refractivity contribution is 5.44. The minimum atomic E-state index is 0.414. The number of hydrogen-bond acceptors (Lipinski definition) is 0. The zero-order chi connectivity index (χ0) is 32.9. The van der Waals surface area contributed by atoms with Gasteiger partial charge in [-0.2, -0.15) is 0 Å². The van der Waals surface area contributed by atoms with Crippen molar-refractivity contribution in [1.82, 2.24) is 0 Å². The van der Waals surface area contributed by atoms with Crippen LogP contribution in [-0.2, 0) is 12.8 Å². The van der Waals surface area contributed by atoms with Gasteiger partial charge in [-0.05, 0) is 163 Å². The average Bonchev–Trinajstić information content (AvgIpc) is 3.00. The van der Waals surface area contributed by atoms with E-state index in [1.54, 1.807) is 33.4 Å². The summed E-state index contributed by atoms with van der Waals surface area (Å²) in [5, 5.41) is 0. The van der Waals surface area contributed by atoms with E-state index in [0.717, 1.165) is 41.4 Å². The van der Waals surface area contributed by atoms with Crippen LogP contribution in [-0.4, -0.2) is 0 Å². The summed E-state index contributed by atoms with van der Waals surface area (Å²) < 4.78 is 0. The minimum absolute atomic E-state index is 0.414. The van der Waals surface area contributed by atoms with E-state index < -0.39 is 0 Å². The number of rotatable bonds is 0. The van der Waals surface area contributed by atoms with Crippen molar-refractivity contribution >= 4 is 0 Å². The molecule has 7 aliphatic rings. The zero-order valence-electron chi connectivity index (χ0n) is 31.4. The second kappa shape index (κ2) is 13.2. The molecule has 0 aliphatic heterocycles. The molecule has 2 bridgehead atoms. The van der Waals surface area contributed by atoms with Crippen molar-refractivity contribution in [3.8, 4) is 0 Å². The Bertz CT molecular complexity index is 1360. The van der Waals surface area contributed by atoms with Crippen molar-refractivity contribution in [2.75, 3.05) is 0 Å². The van der Waals surface area contributed by atoms with Crippen LogP contribution in [0.5, 0.6) is 0 Å². The fourth-order valence-electron chi connectivity index (χ4n) is 11.2. The Morgan fingerprint density at radius 1 is 0.587 bits per heavy atom. The first-order chi connectivity index (χ1) is 21.7. The molecule has 0 radical (unpaired) electrons. The van der Waals surface area contributed by atoms with Crippen LogP contribution < -0.4 is 0 Å². The van der Waals surface area contributed by atoms with Gasteiger partial charge in [0.05, 0.1) is 0 Å². The molecule has 0 saturated heterocycles. The molecule has 0 nitrogen and oxygen atoms in total. The van der Waals surface area contributed by atoms with Gasteiger partial charge in [-0.25, -0.2) is 0 Å². The third-order valence-electron chi connectivity index (χ3n) is 13.5. The molecule has 2 aromatic carbocycles. The van der Waals surface area contributed by atoms with Crippen LogP contribution >= 0.6 is 0 Å². The maximum absolute atomic E-state index is 2.50. The van der Waals surface area contributed by atoms with Gasteiger partial charge < -0.3 is 0 Å². The van der Waals surface area contributed by atoms with Crippen LogP contribution in [0.3, 0.4) is 0 Å². The van der Waals surface area contributed by atoms with E-state index in [0.29, 0.717) is 16.2 Å². The van der Waals surface area contributed by atoms with Crippen molar-refractivity contribution in [3.63, 3.8) is 0 Å². The van der Waals surface area contributed by atoms with Gasteiger partial charge in [-0.1, -0.05) is 123 Å². The largest absolute Gasteiger partial charge is 0.0842 e. The fourth-order valence-corrected chi connectivity index (χ4v) is 11.2. The molecule has 0 spiro atoms. The Kier molecular flexibility index (Phi) is 9.80. The lowest BCUT2D eigenvalue weighted by Crippen LogP contribution is -2.37. The molecule has 2 fully saturated rings. The van der Waals surface area contributed by atoms with Gasteiger partial charge in [0.1, 0.15) is 0 Å². The van der Waals surface area contributed by atoms with Crippen LogP contribution in [0.2, 0.25) is 0 Å². The molecule has 9 rings (SSSR count). The summed E-state index contributed by atoms with van der Waals surface area (Å²) in [5.41, 5.74) is 11.5. The van der Waals surface area contributed by atoms with Gasteiger partial charge in [0.25, 0.3) is 0 Å². The predicted molar refractivity (Wildman–Crippen MR) is 200 cm³/mol. The van der Waals surface area contributed by atoms with E-state index in [1.807, 2.05) is 0 Å². The second-order valence-electron chi connectivity index (χ2n) is 19.6. The molecule has 5 unspecified atom stereocenters. The molecular weight excluding hydrogens is 553 g/mol. The van der Waals surface area contributed by atoms with Crippen molar-refractivity contribution < 1.29 is 0 Å². The molecule has 5 atom stereocenters. The van der Waals surface area contributed by atoms with E-state index in [1.165, 1.54) is 83.5 Å². The van der Waals surface area contributed by atoms with Gasteiger partial charge in [0, 0.05) is 0 Å². The average molecular weight is 621 g/mol.